The van der Waals surface area contributed by atoms with Crippen LogP contribution < -0.4 is 0 Å². The van der Waals surface area contributed by atoms with Crippen molar-refractivity contribution in [2.75, 3.05) is 32.7 Å². The summed E-state index contributed by atoms with van der Waals surface area (Å²) in [6.07, 6.45) is -7.48. The first-order valence-corrected chi connectivity index (χ1v) is 6.20. The molecule has 0 amide bonds. The summed E-state index contributed by atoms with van der Waals surface area (Å²) in [6.45, 7) is -0.182. The van der Waals surface area contributed by atoms with Gasteiger partial charge in [0.2, 0.25) is 0 Å². The summed E-state index contributed by atoms with van der Waals surface area (Å²) < 4.78 is 74.0. The van der Waals surface area contributed by atoms with E-state index in [0.29, 0.717) is 12.8 Å². The molecule has 19 heavy (non-hydrogen) atoms. The van der Waals surface area contributed by atoms with Crippen LogP contribution in [0.1, 0.15) is 19.8 Å². The molecule has 1 fully saturated rings. The molecule has 1 heterocycles. The minimum Gasteiger partial charge on any atom is -0.292 e. The lowest BCUT2D eigenvalue weighted by atomic mass is 10.1. The highest BCUT2D eigenvalue weighted by atomic mass is 19.4. The second kappa shape index (κ2) is 6.30. The van der Waals surface area contributed by atoms with Crippen LogP contribution in [0.15, 0.2) is 0 Å². The Bertz CT molecular complexity index is 275. The third-order valence-electron chi connectivity index (χ3n) is 3.10. The zero-order valence-corrected chi connectivity index (χ0v) is 10.7. The molecule has 1 aliphatic rings. The number of hydrogen-bond acceptors (Lipinski definition) is 2. The molecule has 0 N–H and O–H groups in total. The van der Waals surface area contributed by atoms with Crippen molar-refractivity contribution >= 4 is 0 Å². The summed E-state index contributed by atoms with van der Waals surface area (Å²) in [6, 6.07) is -0.456. The number of piperazine rings is 1. The molecule has 0 saturated carbocycles. The minimum atomic E-state index is -4.31. The van der Waals surface area contributed by atoms with E-state index in [1.165, 1.54) is 9.80 Å². The smallest absolute Gasteiger partial charge is 0.292 e. The maximum absolute atomic E-state index is 12.4. The van der Waals surface area contributed by atoms with E-state index in [0.717, 1.165) is 0 Å². The van der Waals surface area contributed by atoms with Crippen LogP contribution in [-0.2, 0) is 0 Å². The van der Waals surface area contributed by atoms with E-state index in [1.54, 1.807) is 0 Å². The van der Waals surface area contributed by atoms with Gasteiger partial charge in [-0.25, -0.2) is 0 Å². The summed E-state index contributed by atoms with van der Waals surface area (Å²) in [5, 5.41) is 0. The molecule has 1 rings (SSSR count). The standard InChI is InChI=1S/C11H18F6N2/c1-2-3-9-6-18(7-10(12,13)14)4-5-19(9)8-11(15,16)17/h9H,2-8H2,1H3/t9-/m1/s1. The molecule has 1 atom stereocenters. The van der Waals surface area contributed by atoms with Gasteiger partial charge in [0.1, 0.15) is 0 Å². The quantitative estimate of drug-likeness (QED) is 0.735. The van der Waals surface area contributed by atoms with Crippen LogP contribution in [0.2, 0.25) is 0 Å². The summed E-state index contributed by atoms with van der Waals surface area (Å²) in [5.74, 6) is 0. The van der Waals surface area contributed by atoms with Gasteiger partial charge in [-0.3, -0.25) is 9.80 Å². The SMILES string of the molecule is CCC[C@@H]1CN(CC(F)(F)F)CCN1CC(F)(F)F. The number of rotatable bonds is 4. The van der Waals surface area contributed by atoms with E-state index < -0.39 is 31.5 Å². The summed E-state index contributed by atoms with van der Waals surface area (Å²) in [7, 11) is 0. The molecular weight excluding hydrogens is 274 g/mol. The van der Waals surface area contributed by atoms with Crippen LogP contribution in [0, 0.1) is 0 Å². The molecular formula is C11H18F6N2. The number of halogens is 6. The number of hydrogen-bond donors (Lipinski definition) is 0. The van der Waals surface area contributed by atoms with Gasteiger partial charge >= 0.3 is 12.4 Å². The second-order valence-electron chi connectivity index (χ2n) is 4.88. The molecule has 0 radical (unpaired) electrons. The first-order valence-electron chi connectivity index (χ1n) is 6.20. The third kappa shape index (κ3) is 6.47. The van der Waals surface area contributed by atoms with E-state index >= 15 is 0 Å². The van der Waals surface area contributed by atoms with Gasteiger partial charge in [0, 0.05) is 25.7 Å². The van der Waals surface area contributed by atoms with Crippen molar-refractivity contribution in [3.8, 4) is 0 Å². The normalized spacial score (nSPS) is 23.8. The average Bonchev–Trinajstić information content (AvgIpc) is 2.18. The monoisotopic (exact) mass is 292 g/mol. The van der Waals surface area contributed by atoms with E-state index in [1.807, 2.05) is 6.92 Å². The van der Waals surface area contributed by atoms with Crippen molar-refractivity contribution in [3.63, 3.8) is 0 Å². The average molecular weight is 292 g/mol. The maximum Gasteiger partial charge on any atom is 0.401 e. The lowest BCUT2D eigenvalue weighted by Crippen LogP contribution is -2.56. The van der Waals surface area contributed by atoms with Crippen LogP contribution in [0.3, 0.4) is 0 Å². The van der Waals surface area contributed by atoms with Crippen molar-refractivity contribution in [3.05, 3.63) is 0 Å². The van der Waals surface area contributed by atoms with E-state index in [2.05, 4.69) is 0 Å². The Kier molecular flexibility index (Phi) is 5.49. The Morgan fingerprint density at radius 1 is 0.947 bits per heavy atom. The number of alkyl halides is 6. The predicted octanol–water partition coefficient (Wildman–Crippen LogP) is 2.90. The molecule has 114 valence electrons. The maximum atomic E-state index is 12.4. The van der Waals surface area contributed by atoms with Gasteiger partial charge < -0.3 is 0 Å². The molecule has 2 nitrogen and oxygen atoms in total. The van der Waals surface area contributed by atoms with Crippen molar-refractivity contribution in [1.82, 2.24) is 9.80 Å². The Balaban J connectivity index is 2.59. The van der Waals surface area contributed by atoms with E-state index in [9.17, 15) is 26.3 Å². The first-order chi connectivity index (χ1) is 8.61. The largest absolute Gasteiger partial charge is 0.401 e. The fraction of sp³-hybridized carbons (Fsp3) is 1.00. The van der Waals surface area contributed by atoms with Crippen LogP contribution in [0.4, 0.5) is 26.3 Å². The van der Waals surface area contributed by atoms with Crippen LogP contribution in [0.25, 0.3) is 0 Å². The topological polar surface area (TPSA) is 6.48 Å². The molecule has 0 aromatic rings. The minimum absolute atomic E-state index is 0.0236. The fourth-order valence-electron chi connectivity index (χ4n) is 2.40. The van der Waals surface area contributed by atoms with Gasteiger partial charge in [-0.05, 0) is 6.42 Å². The zero-order valence-electron chi connectivity index (χ0n) is 10.7. The van der Waals surface area contributed by atoms with Gasteiger partial charge in [0.15, 0.2) is 0 Å². The first kappa shape index (κ1) is 16.6. The van der Waals surface area contributed by atoms with Crippen LogP contribution >= 0.6 is 0 Å². The third-order valence-corrected chi connectivity index (χ3v) is 3.10. The summed E-state index contributed by atoms with van der Waals surface area (Å²) >= 11 is 0. The molecule has 0 spiro atoms. The van der Waals surface area contributed by atoms with Gasteiger partial charge in [0.05, 0.1) is 13.1 Å². The molecule has 1 aliphatic heterocycles. The van der Waals surface area contributed by atoms with Crippen molar-refractivity contribution in [2.45, 2.75) is 38.2 Å². The Hall–Kier alpha value is -0.500. The molecule has 0 aromatic heterocycles. The molecule has 0 unspecified atom stereocenters. The molecule has 0 aliphatic carbocycles. The second-order valence-corrected chi connectivity index (χ2v) is 4.88. The fourth-order valence-corrected chi connectivity index (χ4v) is 2.40. The van der Waals surface area contributed by atoms with E-state index in [-0.39, 0.29) is 19.6 Å². The highest BCUT2D eigenvalue weighted by molar-refractivity contribution is 4.84. The van der Waals surface area contributed by atoms with E-state index in [4.69, 9.17) is 0 Å². The van der Waals surface area contributed by atoms with Crippen LogP contribution in [0.5, 0.6) is 0 Å². The molecule has 0 aromatic carbocycles. The van der Waals surface area contributed by atoms with Crippen molar-refractivity contribution in [2.24, 2.45) is 0 Å². The summed E-state index contributed by atoms with van der Waals surface area (Å²) in [4.78, 5) is 2.43. The number of nitrogens with zero attached hydrogens (tertiary/aromatic N) is 2. The Morgan fingerprint density at radius 2 is 1.53 bits per heavy atom. The summed E-state index contributed by atoms with van der Waals surface area (Å²) in [5.41, 5.74) is 0. The van der Waals surface area contributed by atoms with Gasteiger partial charge in [-0.1, -0.05) is 13.3 Å². The molecule has 0 bridgehead atoms. The van der Waals surface area contributed by atoms with Crippen LogP contribution in [-0.4, -0.2) is 60.9 Å². The molecule has 1 saturated heterocycles. The predicted molar refractivity (Wildman–Crippen MR) is 58.8 cm³/mol. The lowest BCUT2D eigenvalue weighted by Gasteiger charge is -2.41. The highest BCUT2D eigenvalue weighted by Crippen LogP contribution is 2.24. The Labute approximate surface area is 108 Å². The van der Waals surface area contributed by atoms with Gasteiger partial charge in [0.25, 0.3) is 0 Å². The van der Waals surface area contributed by atoms with Crippen molar-refractivity contribution in [1.29, 1.82) is 0 Å². The van der Waals surface area contributed by atoms with Crippen molar-refractivity contribution < 1.29 is 26.3 Å². The Morgan fingerprint density at radius 3 is 2.00 bits per heavy atom. The van der Waals surface area contributed by atoms with Gasteiger partial charge in [-0.15, -0.1) is 0 Å². The molecule has 8 heteroatoms. The lowest BCUT2D eigenvalue weighted by molar-refractivity contribution is -0.170. The zero-order chi connectivity index (χ0) is 14.7. The highest BCUT2D eigenvalue weighted by Gasteiger charge is 2.38. The van der Waals surface area contributed by atoms with Gasteiger partial charge in [-0.2, -0.15) is 26.3 Å².